The first-order valence-corrected chi connectivity index (χ1v) is 7.31. The lowest BCUT2D eigenvalue weighted by Gasteiger charge is -2.39. The summed E-state index contributed by atoms with van der Waals surface area (Å²) < 4.78 is 0. The minimum Gasteiger partial charge on any atom is -0.480 e. The number of nitrogens with zero attached hydrogens (tertiary/aromatic N) is 2. The molecule has 3 atom stereocenters. The quantitative estimate of drug-likeness (QED) is 0.838. The molecule has 0 saturated carbocycles. The molecule has 1 N–H and O–H groups in total. The second kappa shape index (κ2) is 5.90. The Kier molecular flexibility index (Phi) is 4.45. The zero-order valence-electron chi connectivity index (χ0n) is 11.8. The summed E-state index contributed by atoms with van der Waals surface area (Å²) >= 11 is 0. The van der Waals surface area contributed by atoms with E-state index in [1.807, 2.05) is 6.92 Å². The number of carbonyl (C=O) groups excluding carboxylic acids is 1. The van der Waals surface area contributed by atoms with Gasteiger partial charge in [0, 0.05) is 12.6 Å². The standard InChI is InChI=1S/C14H24N2O3/c1-10-6-3-4-8-15(10)11(2)13(17)16-9-5-7-12(16)14(18)19/h10-12H,3-9H2,1-2H3,(H,18,19). The number of hydrogen-bond donors (Lipinski definition) is 1. The number of piperidine rings is 1. The average molecular weight is 268 g/mol. The SMILES string of the molecule is CC1CCCCN1C(C)C(=O)N1CCCC1C(=O)O. The molecule has 2 aliphatic rings. The van der Waals surface area contributed by atoms with Crippen molar-refractivity contribution in [3.63, 3.8) is 0 Å². The van der Waals surface area contributed by atoms with Crippen LogP contribution in [0.5, 0.6) is 0 Å². The summed E-state index contributed by atoms with van der Waals surface area (Å²) in [6.45, 7) is 5.60. The Labute approximate surface area is 114 Å². The van der Waals surface area contributed by atoms with E-state index in [9.17, 15) is 9.59 Å². The van der Waals surface area contributed by atoms with Gasteiger partial charge in [0.25, 0.3) is 0 Å². The highest BCUT2D eigenvalue weighted by Crippen LogP contribution is 2.23. The van der Waals surface area contributed by atoms with Crippen LogP contribution in [-0.2, 0) is 9.59 Å². The molecule has 2 heterocycles. The Balaban J connectivity index is 2.03. The predicted molar refractivity (Wildman–Crippen MR) is 71.9 cm³/mol. The topological polar surface area (TPSA) is 60.9 Å². The van der Waals surface area contributed by atoms with Crippen molar-refractivity contribution < 1.29 is 14.7 Å². The Morgan fingerprint density at radius 1 is 1.16 bits per heavy atom. The van der Waals surface area contributed by atoms with Gasteiger partial charge in [-0.05, 0) is 46.1 Å². The molecule has 1 amide bonds. The van der Waals surface area contributed by atoms with E-state index in [4.69, 9.17) is 5.11 Å². The molecule has 0 radical (unpaired) electrons. The zero-order chi connectivity index (χ0) is 14.0. The van der Waals surface area contributed by atoms with E-state index in [1.165, 1.54) is 6.42 Å². The highest BCUT2D eigenvalue weighted by atomic mass is 16.4. The van der Waals surface area contributed by atoms with Crippen LogP contribution in [0.15, 0.2) is 0 Å². The van der Waals surface area contributed by atoms with Gasteiger partial charge in [-0.3, -0.25) is 9.69 Å². The normalized spacial score (nSPS) is 30.3. The molecule has 2 fully saturated rings. The summed E-state index contributed by atoms with van der Waals surface area (Å²) in [5.74, 6) is -0.886. The fourth-order valence-corrected chi connectivity index (χ4v) is 3.36. The molecule has 0 spiro atoms. The number of aliphatic carboxylic acids is 1. The molecule has 2 saturated heterocycles. The lowest BCUT2D eigenvalue weighted by atomic mass is 10.0. The van der Waals surface area contributed by atoms with Gasteiger partial charge in [0.2, 0.25) is 5.91 Å². The number of likely N-dealkylation sites (tertiary alicyclic amines) is 2. The zero-order valence-corrected chi connectivity index (χ0v) is 11.8. The summed E-state index contributed by atoms with van der Waals surface area (Å²) in [5.41, 5.74) is 0. The van der Waals surface area contributed by atoms with Crippen LogP contribution in [0.25, 0.3) is 0 Å². The minimum atomic E-state index is -0.871. The lowest BCUT2D eigenvalue weighted by Crippen LogP contribution is -2.53. The molecule has 0 aromatic heterocycles. The number of amides is 1. The molecule has 0 aromatic rings. The van der Waals surface area contributed by atoms with Crippen LogP contribution < -0.4 is 0 Å². The molecule has 5 nitrogen and oxygen atoms in total. The van der Waals surface area contributed by atoms with Gasteiger partial charge < -0.3 is 10.0 Å². The number of carboxylic acids is 1. The summed E-state index contributed by atoms with van der Waals surface area (Å²) in [6.07, 6.45) is 4.86. The Bertz CT molecular complexity index is 359. The highest BCUT2D eigenvalue weighted by molar-refractivity contribution is 5.87. The van der Waals surface area contributed by atoms with Crippen molar-refractivity contribution in [2.45, 2.75) is 64.1 Å². The van der Waals surface area contributed by atoms with Crippen molar-refractivity contribution in [2.75, 3.05) is 13.1 Å². The van der Waals surface area contributed by atoms with Crippen LogP contribution >= 0.6 is 0 Å². The van der Waals surface area contributed by atoms with Gasteiger partial charge in [-0.2, -0.15) is 0 Å². The van der Waals surface area contributed by atoms with Crippen LogP contribution in [0.4, 0.5) is 0 Å². The Morgan fingerprint density at radius 3 is 2.53 bits per heavy atom. The first kappa shape index (κ1) is 14.3. The van der Waals surface area contributed by atoms with Crippen LogP contribution in [-0.4, -0.2) is 58.0 Å². The van der Waals surface area contributed by atoms with Gasteiger partial charge in [0.1, 0.15) is 6.04 Å². The molecular formula is C14H24N2O3. The van der Waals surface area contributed by atoms with Crippen molar-refractivity contribution in [3.8, 4) is 0 Å². The molecule has 19 heavy (non-hydrogen) atoms. The molecule has 0 bridgehead atoms. The summed E-state index contributed by atoms with van der Waals surface area (Å²) in [7, 11) is 0. The van der Waals surface area contributed by atoms with Crippen molar-refractivity contribution in [3.05, 3.63) is 0 Å². The fraction of sp³-hybridized carbons (Fsp3) is 0.857. The minimum absolute atomic E-state index is 0.0151. The molecule has 2 rings (SSSR count). The third kappa shape index (κ3) is 2.91. The largest absolute Gasteiger partial charge is 0.480 e. The van der Waals surface area contributed by atoms with Crippen LogP contribution in [0.2, 0.25) is 0 Å². The van der Waals surface area contributed by atoms with E-state index in [-0.39, 0.29) is 11.9 Å². The monoisotopic (exact) mass is 268 g/mol. The maximum Gasteiger partial charge on any atom is 0.326 e. The molecule has 0 aromatic carbocycles. The summed E-state index contributed by atoms with van der Waals surface area (Å²) in [4.78, 5) is 27.5. The average Bonchev–Trinajstić information content (AvgIpc) is 2.87. The van der Waals surface area contributed by atoms with Gasteiger partial charge in [0.05, 0.1) is 6.04 Å². The van der Waals surface area contributed by atoms with E-state index in [0.717, 1.165) is 25.8 Å². The van der Waals surface area contributed by atoms with Crippen molar-refractivity contribution in [1.29, 1.82) is 0 Å². The van der Waals surface area contributed by atoms with E-state index in [0.29, 0.717) is 19.0 Å². The maximum absolute atomic E-state index is 12.5. The Hall–Kier alpha value is -1.10. The van der Waals surface area contributed by atoms with Gasteiger partial charge >= 0.3 is 5.97 Å². The van der Waals surface area contributed by atoms with Gasteiger partial charge in [-0.1, -0.05) is 6.42 Å². The van der Waals surface area contributed by atoms with E-state index >= 15 is 0 Å². The lowest BCUT2D eigenvalue weighted by molar-refractivity contribution is -0.150. The molecular weight excluding hydrogens is 244 g/mol. The van der Waals surface area contributed by atoms with Crippen LogP contribution in [0.1, 0.15) is 46.0 Å². The molecule has 5 heteroatoms. The third-order valence-electron chi connectivity index (χ3n) is 4.53. The molecule has 0 aliphatic carbocycles. The summed E-state index contributed by atoms with van der Waals surface area (Å²) in [5, 5.41) is 9.17. The van der Waals surface area contributed by atoms with Crippen molar-refractivity contribution in [2.24, 2.45) is 0 Å². The Morgan fingerprint density at radius 2 is 1.89 bits per heavy atom. The number of carboxylic acid groups (broad SMARTS) is 1. The smallest absolute Gasteiger partial charge is 0.326 e. The molecule has 3 unspecified atom stereocenters. The molecule has 108 valence electrons. The van der Waals surface area contributed by atoms with Gasteiger partial charge in [0.15, 0.2) is 0 Å². The van der Waals surface area contributed by atoms with Crippen LogP contribution in [0.3, 0.4) is 0 Å². The van der Waals surface area contributed by atoms with E-state index in [1.54, 1.807) is 4.90 Å². The van der Waals surface area contributed by atoms with E-state index < -0.39 is 12.0 Å². The highest BCUT2D eigenvalue weighted by Gasteiger charge is 2.38. The fourth-order valence-electron chi connectivity index (χ4n) is 3.36. The second-order valence-electron chi connectivity index (χ2n) is 5.79. The second-order valence-corrected chi connectivity index (χ2v) is 5.79. The first-order valence-electron chi connectivity index (χ1n) is 7.31. The summed E-state index contributed by atoms with van der Waals surface area (Å²) in [6, 6.07) is -0.399. The number of hydrogen-bond acceptors (Lipinski definition) is 3. The van der Waals surface area contributed by atoms with Gasteiger partial charge in [-0.25, -0.2) is 4.79 Å². The predicted octanol–water partition coefficient (Wildman–Crippen LogP) is 1.32. The van der Waals surface area contributed by atoms with Crippen LogP contribution in [0, 0.1) is 0 Å². The van der Waals surface area contributed by atoms with E-state index in [2.05, 4.69) is 11.8 Å². The number of carbonyl (C=O) groups is 2. The van der Waals surface area contributed by atoms with Crippen molar-refractivity contribution >= 4 is 11.9 Å². The first-order chi connectivity index (χ1) is 9.02. The van der Waals surface area contributed by atoms with Gasteiger partial charge in [-0.15, -0.1) is 0 Å². The third-order valence-corrected chi connectivity index (χ3v) is 4.53. The molecule has 2 aliphatic heterocycles. The maximum atomic E-state index is 12.5. The van der Waals surface area contributed by atoms with Crippen molar-refractivity contribution in [1.82, 2.24) is 9.80 Å². The number of rotatable bonds is 3.